The van der Waals surface area contributed by atoms with Crippen molar-refractivity contribution in [2.45, 2.75) is 27.2 Å². The van der Waals surface area contributed by atoms with E-state index in [9.17, 15) is 9.59 Å². The lowest BCUT2D eigenvalue weighted by Gasteiger charge is -2.07. The van der Waals surface area contributed by atoms with Crippen LogP contribution >= 0.6 is 0 Å². The zero-order valence-electron chi connectivity index (χ0n) is 15.4. The van der Waals surface area contributed by atoms with Gasteiger partial charge in [-0.15, -0.1) is 0 Å². The van der Waals surface area contributed by atoms with Crippen LogP contribution in [-0.4, -0.2) is 33.3 Å². The zero-order valence-corrected chi connectivity index (χ0v) is 15.4. The summed E-state index contributed by atoms with van der Waals surface area (Å²) in [4.78, 5) is 23.6. The maximum absolute atomic E-state index is 12.6. The van der Waals surface area contributed by atoms with Crippen molar-refractivity contribution >= 4 is 11.9 Å². The standard InChI is InChI=1S/C20H21N3O4/c1-12-9-17(14(3)23(12)18-10-13(2)27-22-18)19(24)21-8-7-15-5-4-6-16(11-15)20(25)26/h4-6,9-11H,7-8H2,1-3H3,(H,21,24)(H,25,26). The van der Waals surface area contributed by atoms with Crippen LogP contribution < -0.4 is 5.32 Å². The summed E-state index contributed by atoms with van der Waals surface area (Å²) in [5, 5.41) is 15.9. The molecule has 7 nitrogen and oxygen atoms in total. The Hall–Kier alpha value is -3.35. The average molecular weight is 367 g/mol. The highest BCUT2D eigenvalue weighted by molar-refractivity contribution is 5.95. The molecule has 0 radical (unpaired) electrons. The monoisotopic (exact) mass is 367 g/mol. The molecular formula is C20H21N3O4. The summed E-state index contributed by atoms with van der Waals surface area (Å²) in [7, 11) is 0. The van der Waals surface area contributed by atoms with E-state index < -0.39 is 5.97 Å². The van der Waals surface area contributed by atoms with Crippen LogP contribution in [0.25, 0.3) is 5.82 Å². The number of nitrogens with zero attached hydrogens (tertiary/aromatic N) is 2. The van der Waals surface area contributed by atoms with E-state index >= 15 is 0 Å². The van der Waals surface area contributed by atoms with Gasteiger partial charge in [0, 0.05) is 24.0 Å². The van der Waals surface area contributed by atoms with Gasteiger partial charge in [0.1, 0.15) is 5.76 Å². The number of carboxylic acid groups (broad SMARTS) is 1. The Balaban J connectivity index is 1.68. The Morgan fingerprint density at radius 3 is 2.63 bits per heavy atom. The van der Waals surface area contributed by atoms with Gasteiger partial charge in [-0.25, -0.2) is 4.79 Å². The van der Waals surface area contributed by atoms with Crippen molar-refractivity contribution in [2.75, 3.05) is 6.54 Å². The average Bonchev–Trinajstić information content (AvgIpc) is 3.17. The van der Waals surface area contributed by atoms with Crippen LogP contribution in [-0.2, 0) is 6.42 Å². The van der Waals surface area contributed by atoms with Gasteiger partial charge in [-0.3, -0.25) is 9.36 Å². The molecule has 0 unspecified atom stereocenters. The smallest absolute Gasteiger partial charge is 0.335 e. The van der Waals surface area contributed by atoms with E-state index in [2.05, 4.69) is 10.5 Å². The van der Waals surface area contributed by atoms with Gasteiger partial charge < -0.3 is 14.9 Å². The van der Waals surface area contributed by atoms with Crippen LogP contribution in [0.1, 0.15) is 43.4 Å². The molecule has 0 atom stereocenters. The second-order valence-corrected chi connectivity index (χ2v) is 6.43. The molecule has 2 N–H and O–H groups in total. The van der Waals surface area contributed by atoms with E-state index in [1.807, 2.05) is 43.5 Å². The second kappa shape index (κ2) is 7.49. The SMILES string of the molecule is Cc1cc(-n2c(C)cc(C(=O)NCCc3cccc(C(=O)O)c3)c2C)no1. The summed E-state index contributed by atoms with van der Waals surface area (Å²) in [6.07, 6.45) is 0.550. The molecule has 140 valence electrons. The molecule has 0 fully saturated rings. The van der Waals surface area contributed by atoms with Crippen molar-refractivity contribution in [2.24, 2.45) is 0 Å². The number of carboxylic acids is 1. The minimum Gasteiger partial charge on any atom is -0.478 e. The molecule has 0 aliphatic heterocycles. The van der Waals surface area contributed by atoms with E-state index in [0.29, 0.717) is 30.1 Å². The maximum Gasteiger partial charge on any atom is 0.335 e. The first-order valence-corrected chi connectivity index (χ1v) is 8.60. The zero-order chi connectivity index (χ0) is 19.6. The summed E-state index contributed by atoms with van der Waals surface area (Å²) in [6.45, 7) is 6.00. The van der Waals surface area contributed by atoms with Crippen LogP contribution in [0.15, 0.2) is 40.9 Å². The number of hydrogen-bond donors (Lipinski definition) is 2. The molecule has 1 aromatic carbocycles. The second-order valence-electron chi connectivity index (χ2n) is 6.43. The molecule has 27 heavy (non-hydrogen) atoms. The van der Waals surface area contributed by atoms with Gasteiger partial charge in [-0.2, -0.15) is 0 Å². The molecule has 1 amide bonds. The lowest BCUT2D eigenvalue weighted by Crippen LogP contribution is -2.26. The highest BCUT2D eigenvalue weighted by Gasteiger charge is 2.18. The largest absolute Gasteiger partial charge is 0.478 e. The lowest BCUT2D eigenvalue weighted by atomic mass is 10.1. The molecule has 0 spiro atoms. The van der Waals surface area contributed by atoms with Crippen molar-refractivity contribution in [1.29, 1.82) is 0 Å². The van der Waals surface area contributed by atoms with Crippen LogP contribution in [0.5, 0.6) is 0 Å². The Kier molecular flexibility index (Phi) is 5.12. The van der Waals surface area contributed by atoms with Gasteiger partial charge in [0.2, 0.25) is 0 Å². The number of carbonyl (C=O) groups excluding carboxylic acids is 1. The number of carbonyl (C=O) groups is 2. The number of aryl methyl sites for hydroxylation is 2. The molecule has 2 heterocycles. The summed E-state index contributed by atoms with van der Waals surface area (Å²) in [5.41, 5.74) is 3.35. The van der Waals surface area contributed by atoms with E-state index in [-0.39, 0.29) is 11.5 Å². The van der Waals surface area contributed by atoms with Gasteiger partial charge in [-0.05, 0) is 51.0 Å². The number of hydrogen-bond acceptors (Lipinski definition) is 4. The highest BCUT2D eigenvalue weighted by atomic mass is 16.5. The highest BCUT2D eigenvalue weighted by Crippen LogP contribution is 2.20. The molecule has 3 rings (SSSR count). The minimum atomic E-state index is -0.962. The van der Waals surface area contributed by atoms with Gasteiger partial charge in [0.05, 0.1) is 11.1 Å². The fourth-order valence-corrected chi connectivity index (χ4v) is 3.08. The van der Waals surface area contributed by atoms with Gasteiger partial charge in [-0.1, -0.05) is 17.3 Å². The number of nitrogens with one attached hydrogen (secondary N) is 1. The fraction of sp³-hybridized carbons (Fsp3) is 0.250. The van der Waals surface area contributed by atoms with Crippen molar-refractivity contribution in [3.8, 4) is 5.82 Å². The van der Waals surface area contributed by atoms with E-state index in [0.717, 1.165) is 17.0 Å². The van der Waals surface area contributed by atoms with Crippen LogP contribution in [0.3, 0.4) is 0 Å². The quantitative estimate of drug-likeness (QED) is 0.698. The number of rotatable bonds is 6. The van der Waals surface area contributed by atoms with Crippen molar-refractivity contribution in [3.63, 3.8) is 0 Å². The Labute approximate surface area is 156 Å². The summed E-state index contributed by atoms with van der Waals surface area (Å²) in [6, 6.07) is 10.3. The first kappa shape index (κ1) is 18.4. The van der Waals surface area contributed by atoms with Crippen LogP contribution in [0, 0.1) is 20.8 Å². The lowest BCUT2D eigenvalue weighted by molar-refractivity contribution is 0.0696. The predicted octanol–water partition coefficient (Wildman–Crippen LogP) is 3.06. The van der Waals surface area contributed by atoms with Crippen LogP contribution in [0.2, 0.25) is 0 Å². The number of amides is 1. The molecule has 0 saturated carbocycles. The molecule has 2 aromatic heterocycles. The first-order chi connectivity index (χ1) is 12.9. The molecule has 0 aliphatic rings. The topological polar surface area (TPSA) is 97.4 Å². The summed E-state index contributed by atoms with van der Waals surface area (Å²) >= 11 is 0. The van der Waals surface area contributed by atoms with Crippen molar-refractivity contribution < 1.29 is 19.2 Å². The van der Waals surface area contributed by atoms with E-state index in [4.69, 9.17) is 9.63 Å². The van der Waals surface area contributed by atoms with E-state index in [1.54, 1.807) is 18.2 Å². The Morgan fingerprint density at radius 2 is 1.96 bits per heavy atom. The first-order valence-electron chi connectivity index (χ1n) is 8.60. The third kappa shape index (κ3) is 3.92. The molecule has 0 aliphatic carbocycles. The number of aromatic carboxylic acids is 1. The Morgan fingerprint density at radius 1 is 1.19 bits per heavy atom. The van der Waals surface area contributed by atoms with Crippen LogP contribution in [0.4, 0.5) is 0 Å². The molecule has 7 heteroatoms. The van der Waals surface area contributed by atoms with Gasteiger partial charge >= 0.3 is 5.97 Å². The Bertz CT molecular complexity index is 1000. The fourth-order valence-electron chi connectivity index (χ4n) is 3.08. The summed E-state index contributed by atoms with van der Waals surface area (Å²) in [5.74, 6) is 0.208. The van der Waals surface area contributed by atoms with Gasteiger partial charge in [0.15, 0.2) is 5.82 Å². The van der Waals surface area contributed by atoms with Gasteiger partial charge in [0.25, 0.3) is 5.91 Å². The predicted molar refractivity (Wildman–Crippen MR) is 99.5 cm³/mol. The molecular weight excluding hydrogens is 346 g/mol. The van der Waals surface area contributed by atoms with E-state index in [1.165, 1.54) is 0 Å². The van der Waals surface area contributed by atoms with Crippen molar-refractivity contribution in [3.05, 3.63) is 70.2 Å². The molecule has 0 saturated heterocycles. The van der Waals surface area contributed by atoms with Crippen molar-refractivity contribution in [1.82, 2.24) is 15.0 Å². The molecule has 3 aromatic rings. The maximum atomic E-state index is 12.6. The normalized spacial score (nSPS) is 10.8. The third-order valence-electron chi connectivity index (χ3n) is 4.39. The third-order valence-corrected chi connectivity index (χ3v) is 4.39. The minimum absolute atomic E-state index is 0.177. The summed E-state index contributed by atoms with van der Waals surface area (Å²) < 4.78 is 7.00. The molecule has 0 bridgehead atoms. The number of benzene rings is 1. The number of aromatic nitrogens is 2.